The van der Waals surface area contributed by atoms with Crippen LogP contribution in [0.1, 0.15) is 43.7 Å². The molecule has 2 unspecified atom stereocenters. The molecule has 0 N–H and O–H groups in total. The summed E-state index contributed by atoms with van der Waals surface area (Å²) in [6.45, 7) is 3.26. The fraction of sp³-hybridized carbons (Fsp3) is 0.667. The third-order valence-electron chi connectivity index (χ3n) is 4.92. The Morgan fingerprint density at radius 1 is 1.14 bits per heavy atom. The summed E-state index contributed by atoms with van der Waals surface area (Å²) in [7, 11) is 3.38. The molecular formula is C18H27NO3. The summed E-state index contributed by atoms with van der Waals surface area (Å²) >= 11 is 0. The van der Waals surface area contributed by atoms with Crippen LogP contribution >= 0.6 is 0 Å². The van der Waals surface area contributed by atoms with Gasteiger partial charge in [0.1, 0.15) is 0 Å². The number of rotatable bonds is 6. The molecule has 2 heterocycles. The second-order valence-electron chi connectivity index (χ2n) is 6.23. The molecule has 3 rings (SSSR count). The minimum absolute atomic E-state index is 0.478. The van der Waals surface area contributed by atoms with Gasteiger partial charge in [0.05, 0.1) is 20.3 Å². The van der Waals surface area contributed by atoms with Crippen LogP contribution in [0.15, 0.2) is 18.2 Å². The van der Waals surface area contributed by atoms with Crippen LogP contribution in [0.2, 0.25) is 0 Å². The molecule has 2 aliphatic rings. The number of hydrogen-bond acceptors (Lipinski definition) is 4. The average Bonchev–Trinajstić information content (AvgIpc) is 3.23. The number of hydrogen-bond donors (Lipinski definition) is 0. The molecule has 2 fully saturated rings. The van der Waals surface area contributed by atoms with Crippen molar-refractivity contribution in [1.29, 1.82) is 0 Å². The maximum absolute atomic E-state index is 5.76. The monoisotopic (exact) mass is 305 g/mol. The summed E-state index contributed by atoms with van der Waals surface area (Å²) in [5, 5.41) is 0. The number of ether oxygens (including phenoxy) is 3. The quantitative estimate of drug-likeness (QED) is 0.806. The standard InChI is InChI=1S/C18H27NO3/c1-20-17-8-7-14(13-18(17)21-2)16-6-3-10-19(16)11-9-15-5-4-12-22-15/h7-8,13,15-16H,3-6,9-12H2,1-2H3. The van der Waals surface area contributed by atoms with Crippen LogP contribution in [0.5, 0.6) is 11.5 Å². The first kappa shape index (κ1) is 15.6. The minimum atomic E-state index is 0.478. The Bertz CT molecular complexity index is 485. The average molecular weight is 305 g/mol. The third-order valence-corrected chi connectivity index (χ3v) is 4.92. The first-order valence-corrected chi connectivity index (χ1v) is 8.39. The first-order chi connectivity index (χ1) is 10.8. The Morgan fingerprint density at radius 3 is 2.73 bits per heavy atom. The zero-order valence-electron chi connectivity index (χ0n) is 13.7. The molecule has 0 aliphatic carbocycles. The molecule has 2 atom stereocenters. The van der Waals surface area contributed by atoms with Crippen LogP contribution in [-0.2, 0) is 4.74 Å². The van der Waals surface area contributed by atoms with Crippen LogP contribution < -0.4 is 9.47 Å². The zero-order valence-corrected chi connectivity index (χ0v) is 13.7. The van der Waals surface area contributed by atoms with E-state index >= 15 is 0 Å². The Hall–Kier alpha value is -1.26. The van der Waals surface area contributed by atoms with E-state index in [4.69, 9.17) is 14.2 Å². The number of methoxy groups -OCH3 is 2. The molecule has 4 heteroatoms. The van der Waals surface area contributed by atoms with Gasteiger partial charge in [-0.05, 0) is 56.3 Å². The van der Waals surface area contributed by atoms with Gasteiger partial charge in [0.15, 0.2) is 11.5 Å². The van der Waals surface area contributed by atoms with E-state index in [1.165, 1.54) is 37.8 Å². The largest absolute Gasteiger partial charge is 0.493 e. The normalized spacial score (nSPS) is 25.5. The molecule has 1 aromatic rings. The first-order valence-electron chi connectivity index (χ1n) is 8.39. The van der Waals surface area contributed by atoms with Gasteiger partial charge in [0, 0.05) is 19.2 Å². The maximum atomic E-state index is 5.76. The summed E-state index contributed by atoms with van der Waals surface area (Å²) in [5.74, 6) is 1.63. The molecule has 0 saturated carbocycles. The van der Waals surface area contributed by atoms with Crippen molar-refractivity contribution < 1.29 is 14.2 Å². The molecule has 22 heavy (non-hydrogen) atoms. The fourth-order valence-corrected chi connectivity index (χ4v) is 3.71. The van der Waals surface area contributed by atoms with E-state index in [1.54, 1.807) is 14.2 Å². The third kappa shape index (κ3) is 3.39. The Kier molecular flexibility index (Phi) is 5.21. The molecule has 0 spiro atoms. The highest BCUT2D eigenvalue weighted by Crippen LogP contribution is 2.37. The summed E-state index contributed by atoms with van der Waals surface area (Å²) < 4.78 is 16.5. The minimum Gasteiger partial charge on any atom is -0.493 e. The maximum Gasteiger partial charge on any atom is 0.161 e. The lowest BCUT2D eigenvalue weighted by Gasteiger charge is -2.26. The second-order valence-corrected chi connectivity index (χ2v) is 6.23. The van der Waals surface area contributed by atoms with Crippen molar-refractivity contribution in [3.05, 3.63) is 23.8 Å². The lowest BCUT2D eigenvalue weighted by molar-refractivity contribution is 0.0901. The van der Waals surface area contributed by atoms with Gasteiger partial charge in [-0.3, -0.25) is 4.90 Å². The summed E-state index contributed by atoms with van der Waals surface area (Å²) in [5.41, 5.74) is 1.34. The van der Waals surface area contributed by atoms with Crippen molar-refractivity contribution in [3.63, 3.8) is 0 Å². The Balaban J connectivity index is 1.66. The summed E-state index contributed by atoms with van der Waals surface area (Å²) in [4.78, 5) is 2.60. The van der Waals surface area contributed by atoms with E-state index < -0.39 is 0 Å². The van der Waals surface area contributed by atoms with E-state index in [0.29, 0.717) is 12.1 Å². The number of benzene rings is 1. The highest BCUT2D eigenvalue weighted by Gasteiger charge is 2.27. The predicted molar refractivity (Wildman–Crippen MR) is 86.7 cm³/mol. The van der Waals surface area contributed by atoms with Gasteiger partial charge in [0.2, 0.25) is 0 Å². The van der Waals surface area contributed by atoms with Crippen molar-refractivity contribution in [1.82, 2.24) is 4.90 Å². The van der Waals surface area contributed by atoms with Crippen LogP contribution in [0.25, 0.3) is 0 Å². The molecule has 0 bridgehead atoms. The fourth-order valence-electron chi connectivity index (χ4n) is 3.71. The molecule has 0 amide bonds. The molecule has 0 radical (unpaired) electrons. The molecular weight excluding hydrogens is 278 g/mol. The molecule has 0 aromatic heterocycles. The van der Waals surface area contributed by atoms with E-state index in [9.17, 15) is 0 Å². The van der Waals surface area contributed by atoms with Gasteiger partial charge in [-0.2, -0.15) is 0 Å². The highest BCUT2D eigenvalue weighted by atomic mass is 16.5. The number of nitrogens with zero attached hydrogens (tertiary/aromatic N) is 1. The van der Waals surface area contributed by atoms with Gasteiger partial charge in [-0.15, -0.1) is 0 Å². The van der Waals surface area contributed by atoms with Gasteiger partial charge in [0.25, 0.3) is 0 Å². The molecule has 4 nitrogen and oxygen atoms in total. The summed E-state index contributed by atoms with van der Waals surface area (Å²) in [6, 6.07) is 6.83. The highest BCUT2D eigenvalue weighted by molar-refractivity contribution is 5.44. The van der Waals surface area contributed by atoms with Crippen LogP contribution in [0.4, 0.5) is 0 Å². The van der Waals surface area contributed by atoms with Crippen molar-refractivity contribution in [3.8, 4) is 11.5 Å². The van der Waals surface area contributed by atoms with Gasteiger partial charge in [-0.25, -0.2) is 0 Å². The molecule has 122 valence electrons. The Morgan fingerprint density at radius 2 is 2.00 bits per heavy atom. The Labute approximate surface area is 133 Å². The van der Waals surface area contributed by atoms with Crippen LogP contribution in [0.3, 0.4) is 0 Å². The van der Waals surface area contributed by atoms with Crippen molar-refractivity contribution in [2.45, 2.75) is 44.2 Å². The molecule has 1 aromatic carbocycles. The van der Waals surface area contributed by atoms with Gasteiger partial charge in [-0.1, -0.05) is 6.07 Å². The second kappa shape index (κ2) is 7.34. The van der Waals surface area contributed by atoms with E-state index in [-0.39, 0.29) is 0 Å². The van der Waals surface area contributed by atoms with Crippen molar-refractivity contribution >= 4 is 0 Å². The number of likely N-dealkylation sites (tertiary alicyclic amines) is 1. The van der Waals surface area contributed by atoms with E-state index in [1.807, 2.05) is 6.07 Å². The van der Waals surface area contributed by atoms with Crippen LogP contribution in [0, 0.1) is 0 Å². The SMILES string of the molecule is COc1ccc(C2CCCN2CCC2CCCO2)cc1OC. The van der Waals surface area contributed by atoms with Crippen molar-refractivity contribution in [2.75, 3.05) is 33.9 Å². The van der Waals surface area contributed by atoms with Crippen molar-refractivity contribution in [2.24, 2.45) is 0 Å². The lowest BCUT2D eigenvalue weighted by atomic mass is 10.0. The van der Waals surface area contributed by atoms with Gasteiger partial charge >= 0.3 is 0 Å². The van der Waals surface area contributed by atoms with Crippen LogP contribution in [-0.4, -0.2) is 44.9 Å². The molecule has 2 saturated heterocycles. The smallest absolute Gasteiger partial charge is 0.161 e. The predicted octanol–water partition coefficient (Wildman–Crippen LogP) is 3.41. The topological polar surface area (TPSA) is 30.9 Å². The lowest BCUT2D eigenvalue weighted by Crippen LogP contribution is -2.27. The van der Waals surface area contributed by atoms with Gasteiger partial charge < -0.3 is 14.2 Å². The molecule has 2 aliphatic heterocycles. The van der Waals surface area contributed by atoms with E-state index in [0.717, 1.165) is 31.1 Å². The summed E-state index contributed by atoms with van der Waals surface area (Å²) in [6.07, 6.45) is 6.58. The van der Waals surface area contributed by atoms with E-state index in [2.05, 4.69) is 17.0 Å². The zero-order chi connectivity index (χ0) is 15.4.